The molecule has 2 atom stereocenters. The molecule has 0 aromatic heterocycles. The molecule has 2 unspecified atom stereocenters. The third-order valence-electron chi connectivity index (χ3n) is 3.17. The van der Waals surface area contributed by atoms with Crippen molar-refractivity contribution in [1.29, 1.82) is 0 Å². The van der Waals surface area contributed by atoms with Crippen LogP contribution in [0.3, 0.4) is 0 Å². The molecule has 1 aliphatic carbocycles. The Morgan fingerprint density at radius 1 is 1.00 bits per heavy atom. The number of unbranched alkanes of at least 4 members (excludes halogenated alkanes) is 5. The summed E-state index contributed by atoms with van der Waals surface area (Å²) in [5, 5.41) is 0. The van der Waals surface area contributed by atoms with Crippen molar-refractivity contribution in [2.75, 3.05) is 6.61 Å². The number of rotatable bonds is 9. The van der Waals surface area contributed by atoms with Crippen molar-refractivity contribution in [3.63, 3.8) is 0 Å². The Morgan fingerprint density at radius 3 is 2.43 bits per heavy atom. The standard InChI is InChI=1S/C13H26O/c1-3-5-6-7-8-9-10-12-11-13(12)14-4-2/h12-13H,3-11H2,1-2H3. The Bertz CT molecular complexity index is 133. The van der Waals surface area contributed by atoms with Crippen molar-refractivity contribution >= 4 is 0 Å². The molecular formula is C13H26O. The Hall–Kier alpha value is -0.0400. The zero-order chi connectivity index (χ0) is 10.2. The Kier molecular flexibility index (Phi) is 6.25. The molecule has 1 rings (SSSR count). The van der Waals surface area contributed by atoms with E-state index in [0.717, 1.165) is 12.5 Å². The third kappa shape index (κ3) is 4.99. The summed E-state index contributed by atoms with van der Waals surface area (Å²) in [5.41, 5.74) is 0. The van der Waals surface area contributed by atoms with E-state index < -0.39 is 0 Å². The van der Waals surface area contributed by atoms with Gasteiger partial charge in [0, 0.05) is 6.61 Å². The van der Waals surface area contributed by atoms with Gasteiger partial charge in [-0.25, -0.2) is 0 Å². The lowest BCUT2D eigenvalue weighted by Crippen LogP contribution is -1.95. The second-order valence-corrected chi connectivity index (χ2v) is 4.55. The first-order chi connectivity index (χ1) is 6.88. The molecule has 14 heavy (non-hydrogen) atoms. The predicted octanol–water partition coefficient (Wildman–Crippen LogP) is 4.16. The second kappa shape index (κ2) is 7.28. The molecule has 0 bridgehead atoms. The maximum Gasteiger partial charge on any atom is 0.0607 e. The zero-order valence-electron chi connectivity index (χ0n) is 9.93. The summed E-state index contributed by atoms with van der Waals surface area (Å²) in [7, 11) is 0. The maximum absolute atomic E-state index is 5.56. The van der Waals surface area contributed by atoms with Gasteiger partial charge in [-0.15, -0.1) is 0 Å². The minimum absolute atomic E-state index is 0.635. The molecule has 0 aromatic rings. The minimum Gasteiger partial charge on any atom is -0.378 e. The first-order valence-electron chi connectivity index (χ1n) is 6.50. The van der Waals surface area contributed by atoms with E-state index in [1.807, 2.05) is 0 Å². The van der Waals surface area contributed by atoms with Gasteiger partial charge in [0.05, 0.1) is 6.10 Å². The van der Waals surface area contributed by atoms with Crippen LogP contribution >= 0.6 is 0 Å². The second-order valence-electron chi connectivity index (χ2n) is 4.55. The Balaban J connectivity index is 1.77. The molecule has 1 fully saturated rings. The van der Waals surface area contributed by atoms with E-state index in [9.17, 15) is 0 Å². The van der Waals surface area contributed by atoms with E-state index in [1.54, 1.807) is 0 Å². The molecule has 0 spiro atoms. The van der Waals surface area contributed by atoms with Gasteiger partial charge in [-0.1, -0.05) is 45.4 Å². The van der Waals surface area contributed by atoms with Crippen LogP contribution in [-0.4, -0.2) is 12.7 Å². The summed E-state index contributed by atoms with van der Waals surface area (Å²) in [5.74, 6) is 0.918. The molecule has 1 nitrogen and oxygen atoms in total. The van der Waals surface area contributed by atoms with Crippen LogP contribution in [0.2, 0.25) is 0 Å². The molecule has 0 saturated heterocycles. The zero-order valence-corrected chi connectivity index (χ0v) is 9.93. The first kappa shape index (κ1) is 12.0. The maximum atomic E-state index is 5.56. The molecule has 0 heterocycles. The molecule has 1 heteroatoms. The Morgan fingerprint density at radius 2 is 1.71 bits per heavy atom. The van der Waals surface area contributed by atoms with Crippen LogP contribution in [0.15, 0.2) is 0 Å². The van der Waals surface area contributed by atoms with Crippen molar-refractivity contribution in [3.8, 4) is 0 Å². The molecule has 0 amide bonds. The van der Waals surface area contributed by atoms with Gasteiger partial charge in [-0.3, -0.25) is 0 Å². The van der Waals surface area contributed by atoms with Gasteiger partial charge >= 0.3 is 0 Å². The summed E-state index contributed by atoms with van der Waals surface area (Å²) < 4.78 is 5.56. The summed E-state index contributed by atoms with van der Waals surface area (Å²) >= 11 is 0. The van der Waals surface area contributed by atoms with Gasteiger partial charge in [-0.2, -0.15) is 0 Å². The van der Waals surface area contributed by atoms with Crippen molar-refractivity contribution in [1.82, 2.24) is 0 Å². The summed E-state index contributed by atoms with van der Waals surface area (Å²) in [6.07, 6.45) is 11.9. The molecule has 84 valence electrons. The van der Waals surface area contributed by atoms with E-state index >= 15 is 0 Å². The number of hydrogen-bond acceptors (Lipinski definition) is 1. The van der Waals surface area contributed by atoms with Crippen molar-refractivity contribution in [2.45, 2.75) is 71.3 Å². The predicted molar refractivity (Wildman–Crippen MR) is 61.5 cm³/mol. The van der Waals surface area contributed by atoms with Crippen molar-refractivity contribution < 1.29 is 4.74 Å². The average Bonchev–Trinajstić information content (AvgIpc) is 2.91. The molecule has 0 aromatic carbocycles. The largest absolute Gasteiger partial charge is 0.378 e. The highest BCUT2D eigenvalue weighted by atomic mass is 16.5. The van der Waals surface area contributed by atoms with Gasteiger partial charge in [0.25, 0.3) is 0 Å². The summed E-state index contributed by atoms with van der Waals surface area (Å²) in [6, 6.07) is 0. The molecular weight excluding hydrogens is 172 g/mol. The molecule has 0 N–H and O–H groups in total. The quantitative estimate of drug-likeness (QED) is 0.505. The van der Waals surface area contributed by atoms with E-state index in [0.29, 0.717) is 6.10 Å². The summed E-state index contributed by atoms with van der Waals surface area (Å²) in [4.78, 5) is 0. The fourth-order valence-corrected chi connectivity index (χ4v) is 2.13. The number of ether oxygens (including phenoxy) is 1. The van der Waals surface area contributed by atoms with E-state index in [-0.39, 0.29) is 0 Å². The highest BCUT2D eigenvalue weighted by molar-refractivity contribution is 4.87. The smallest absolute Gasteiger partial charge is 0.0607 e. The topological polar surface area (TPSA) is 9.23 Å². The lowest BCUT2D eigenvalue weighted by molar-refractivity contribution is 0.120. The SMILES string of the molecule is CCCCCCCCC1CC1OCC. The van der Waals surface area contributed by atoms with Gasteiger partial charge in [-0.05, 0) is 25.7 Å². The van der Waals surface area contributed by atoms with Crippen LogP contribution < -0.4 is 0 Å². The van der Waals surface area contributed by atoms with Crippen LogP contribution in [0, 0.1) is 5.92 Å². The highest BCUT2D eigenvalue weighted by Gasteiger charge is 2.36. The minimum atomic E-state index is 0.635. The van der Waals surface area contributed by atoms with Crippen LogP contribution in [-0.2, 0) is 4.74 Å². The lowest BCUT2D eigenvalue weighted by Gasteiger charge is -2.01. The van der Waals surface area contributed by atoms with Crippen LogP contribution in [0.4, 0.5) is 0 Å². The van der Waals surface area contributed by atoms with Gasteiger partial charge in [0.15, 0.2) is 0 Å². The average molecular weight is 198 g/mol. The van der Waals surface area contributed by atoms with Crippen LogP contribution in [0.1, 0.15) is 65.2 Å². The van der Waals surface area contributed by atoms with E-state index in [4.69, 9.17) is 4.74 Å². The fourth-order valence-electron chi connectivity index (χ4n) is 2.13. The third-order valence-corrected chi connectivity index (χ3v) is 3.17. The number of hydrogen-bond donors (Lipinski definition) is 0. The highest BCUT2D eigenvalue weighted by Crippen LogP contribution is 2.37. The van der Waals surface area contributed by atoms with Crippen LogP contribution in [0.5, 0.6) is 0 Å². The molecule has 1 aliphatic rings. The first-order valence-corrected chi connectivity index (χ1v) is 6.50. The molecule has 0 radical (unpaired) electrons. The molecule has 1 saturated carbocycles. The van der Waals surface area contributed by atoms with E-state index in [1.165, 1.54) is 51.4 Å². The lowest BCUT2D eigenvalue weighted by atomic mass is 10.1. The van der Waals surface area contributed by atoms with E-state index in [2.05, 4.69) is 13.8 Å². The normalized spacial score (nSPS) is 25.3. The Labute approximate surface area is 89.2 Å². The summed E-state index contributed by atoms with van der Waals surface area (Å²) in [6.45, 7) is 5.27. The van der Waals surface area contributed by atoms with Crippen molar-refractivity contribution in [3.05, 3.63) is 0 Å². The van der Waals surface area contributed by atoms with Crippen LogP contribution in [0.25, 0.3) is 0 Å². The fraction of sp³-hybridized carbons (Fsp3) is 1.00. The van der Waals surface area contributed by atoms with Gasteiger partial charge in [0.2, 0.25) is 0 Å². The van der Waals surface area contributed by atoms with Crippen molar-refractivity contribution in [2.24, 2.45) is 5.92 Å². The molecule has 0 aliphatic heterocycles. The van der Waals surface area contributed by atoms with Gasteiger partial charge in [0.1, 0.15) is 0 Å². The monoisotopic (exact) mass is 198 g/mol. The van der Waals surface area contributed by atoms with Gasteiger partial charge < -0.3 is 4.74 Å².